The zero-order chi connectivity index (χ0) is 15.5. The predicted molar refractivity (Wildman–Crippen MR) is 85.7 cm³/mol. The van der Waals surface area contributed by atoms with Crippen molar-refractivity contribution < 1.29 is 13.2 Å². The molecule has 1 aliphatic heterocycles. The number of hydrogen-bond donors (Lipinski definition) is 1. The average Bonchev–Trinajstić information content (AvgIpc) is 2.48. The standard InChI is InChI=1S/C14H20N2O3S2/c1-16(10-11-5-7-19-8-6-11)21(17,18)13-4-2-3-12(9-13)14(15)20/h2-4,9,11H,5-8,10H2,1H3,(H2,15,20). The fourth-order valence-corrected chi connectivity index (χ4v) is 3.80. The highest BCUT2D eigenvalue weighted by Crippen LogP contribution is 2.21. The van der Waals surface area contributed by atoms with Crippen molar-refractivity contribution in [3.63, 3.8) is 0 Å². The van der Waals surface area contributed by atoms with Crippen LogP contribution in [0.3, 0.4) is 0 Å². The Morgan fingerprint density at radius 2 is 2.10 bits per heavy atom. The molecule has 5 nitrogen and oxygen atoms in total. The van der Waals surface area contributed by atoms with E-state index < -0.39 is 10.0 Å². The first-order valence-electron chi connectivity index (χ1n) is 6.85. The zero-order valence-corrected chi connectivity index (χ0v) is 13.6. The molecule has 0 amide bonds. The van der Waals surface area contributed by atoms with Gasteiger partial charge in [0.1, 0.15) is 4.99 Å². The first-order chi connectivity index (χ1) is 9.91. The fourth-order valence-electron chi connectivity index (χ4n) is 2.38. The highest BCUT2D eigenvalue weighted by molar-refractivity contribution is 7.89. The van der Waals surface area contributed by atoms with Crippen LogP contribution in [0.15, 0.2) is 29.2 Å². The SMILES string of the molecule is CN(CC1CCOCC1)S(=O)(=O)c1cccc(C(N)=S)c1. The van der Waals surface area contributed by atoms with E-state index in [9.17, 15) is 8.42 Å². The molecule has 0 saturated carbocycles. The average molecular weight is 328 g/mol. The second-order valence-corrected chi connectivity index (χ2v) is 7.72. The molecule has 1 aromatic carbocycles. The van der Waals surface area contributed by atoms with Crippen molar-refractivity contribution in [3.8, 4) is 0 Å². The van der Waals surface area contributed by atoms with Crippen molar-refractivity contribution in [3.05, 3.63) is 29.8 Å². The van der Waals surface area contributed by atoms with Gasteiger partial charge in [0, 0.05) is 32.4 Å². The number of rotatable bonds is 5. The summed E-state index contributed by atoms with van der Waals surface area (Å²) in [6.45, 7) is 1.91. The molecule has 0 radical (unpaired) electrons. The lowest BCUT2D eigenvalue weighted by atomic mass is 10.0. The third-order valence-electron chi connectivity index (χ3n) is 3.68. The molecule has 7 heteroatoms. The van der Waals surface area contributed by atoms with Gasteiger partial charge in [0.25, 0.3) is 0 Å². The third kappa shape index (κ3) is 4.00. The Morgan fingerprint density at radius 3 is 2.71 bits per heavy atom. The van der Waals surface area contributed by atoms with E-state index in [1.54, 1.807) is 25.2 Å². The molecule has 1 aliphatic rings. The number of ether oxygens (including phenoxy) is 1. The van der Waals surface area contributed by atoms with Gasteiger partial charge in [-0.3, -0.25) is 0 Å². The first kappa shape index (κ1) is 16.4. The second-order valence-electron chi connectivity index (χ2n) is 5.23. The second kappa shape index (κ2) is 6.83. The van der Waals surface area contributed by atoms with Crippen LogP contribution >= 0.6 is 12.2 Å². The lowest BCUT2D eigenvalue weighted by Crippen LogP contribution is -2.34. The summed E-state index contributed by atoms with van der Waals surface area (Å²) in [5, 5.41) is 0. The summed E-state index contributed by atoms with van der Waals surface area (Å²) in [6, 6.07) is 6.46. The van der Waals surface area contributed by atoms with Gasteiger partial charge < -0.3 is 10.5 Å². The van der Waals surface area contributed by atoms with E-state index in [0.717, 1.165) is 12.8 Å². The molecule has 0 unspecified atom stereocenters. The van der Waals surface area contributed by atoms with Crippen LogP contribution in [-0.2, 0) is 14.8 Å². The molecule has 0 bridgehead atoms. The van der Waals surface area contributed by atoms with Crippen LogP contribution in [-0.4, -0.2) is 44.5 Å². The maximum absolute atomic E-state index is 12.6. The monoisotopic (exact) mass is 328 g/mol. The molecule has 116 valence electrons. The number of benzene rings is 1. The summed E-state index contributed by atoms with van der Waals surface area (Å²) >= 11 is 4.90. The van der Waals surface area contributed by atoms with E-state index >= 15 is 0 Å². The molecule has 0 aliphatic carbocycles. The van der Waals surface area contributed by atoms with Crippen LogP contribution in [0.4, 0.5) is 0 Å². The van der Waals surface area contributed by atoms with Crippen LogP contribution in [0.5, 0.6) is 0 Å². The Balaban J connectivity index is 2.16. The van der Waals surface area contributed by atoms with E-state index in [-0.39, 0.29) is 9.88 Å². The van der Waals surface area contributed by atoms with Crippen molar-refractivity contribution >= 4 is 27.2 Å². The van der Waals surface area contributed by atoms with Crippen LogP contribution in [0.25, 0.3) is 0 Å². The third-order valence-corrected chi connectivity index (χ3v) is 5.74. The van der Waals surface area contributed by atoms with Gasteiger partial charge in [0.2, 0.25) is 10.0 Å². The van der Waals surface area contributed by atoms with Gasteiger partial charge in [0.05, 0.1) is 4.90 Å². The maximum Gasteiger partial charge on any atom is 0.242 e. The molecule has 1 aromatic rings. The minimum absolute atomic E-state index is 0.194. The predicted octanol–water partition coefficient (Wildman–Crippen LogP) is 1.37. The first-order valence-corrected chi connectivity index (χ1v) is 8.70. The Kier molecular flexibility index (Phi) is 5.32. The van der Waals surface area contributed by atoms with Gasteiger partial charge in [0.15, 0.2) is 0 Å². The Hall–Kier alpha value is -1.02. The summed E-state index contributed by atoms with van der Waals surface area (Å²) in [6.07, 6.45) is 1.79. The quantitative estimate of drug-likeness (QED) is 0.827. The maximum atomic E-state index is 12.6. The van der Waals surface area contributed by atoms with Gasteiger partial charge in [-0.1, -0.05) is 24.4 Å². The van der Waals surface area contributed by atoms with Gasteiger partial charge >= 0.3 is 0 Å². The van der Waals surface area contributed by atoms with Gasteiger partial charge in [-0.25, -0.2) is 12.7 Å². The molecule has 1 heterocycles. The largest absolute Gasteiger partial charge is 0.389 e. The van der Waals surface area contributed by atoms with E-state index in [1.165, 1.54) is 10.4 Å². The smallest absolute Gasteiger partial charge is 0.242 e. The van der Waals surface area contributed by atoms with Crippen LogP contribution < -0.4 is 5.73 Å². The van der Waals surface area contributed by atoms with E-state index in [1.807, 2.05) is 0 Å². The molecule has 0 atom stereocenters. The fraction of sp³-hybridized carbons (Fsp3) is 0.500. The molecule has 0 aromatic heterocycles. The van der Waals surface area contributed by atoms with Crippen molar-refractivity contribution in [2.75, 3.05) is 26.8 Å². The van der Waals surface area contributed by atoms with E-state index in [0.29, 0.717) is 31.2 Å². The summed E-state index contributed by atoms with van der Waals surface area (Å²) in [5.41, 5.74) is 6.12. The highest BCUT2D eigenvalue weighted by atomic mass is 32.2. The van der Waals surface area contributed by atoms with Crippen molar-refractivity contribution in [2.24, 2.45) is 11.7 Å². The Morgan fingerprint density at radius 1 is 1.43 bits per heavy atom. The summed E-state index contributed by atoms with van der Waals surface area (Å²) in [7, 11) is -1.91. The molecule has 1 saturated heterocycles. The van der Waals surface area contributed by atoms with Crippen LogP contribution in [0, 0.1) is 5.92 Å². The van der Waals surface area contributed by atoms with E-state index in [2.05, 4.69) is 0 Å². The normalized spacial score (nSPS) is 17.0. The molecule has 1 fully saturated rings. The van der Waals surface area contributed by atoms with Crippen molar-refractivity contribution in [2.45, 2.75) is 17.7 Å². The minimum atomic E-state index is -3.52. The Labute approximate surface area is 131 Å². The summed E-state index contributed by atoms with van der Waals surface area (Å²) in [4.78, 5) is 0.418. The van der Waals surface area contributed by atoms with E-state index in [4.69, 9.17) is 22.7 Å². The number of nitrogens with zero attached hydrogens (tertiary/aromatic N) is 1. The van der Waals surface area contributed by atoms with Crippen LogP contribution in [0.1, 0.15) is 18.4 Å². The summed E-state index contributed by atoms with van der Waals surface area (Å²) < 4.78 is 31.9. The number of thiocarbonyl (C=S) groups is 1. The van der Waals surface area contributed by atoms with Gasteiger partial charge in [-0.05, 0) is 30.9 Å². The number of nitrogens with two attached hydrogens (primary N) is 1. The van der Waals surface area contributed by atoms with Gasteiger partial charge in [-0.15, -0.1) is 0 Å². The number of hydrogen-bond acceptors (Lipinski definition) is 4. The van der Waals surface area contributed by atoms with Crippen LogP contribution in [0.2, 0.25) is 0 Å². The van der Waals surface area contributed by atoms with Crippen molar-refractivity contribution in [1.82, 2.24) is 4.31 Å². The Bertz CT molecular complexity index is 610. The molecule has 21 heavy (non-hydrogen) atoms. The lowest BCUT2D eigenvalue weighted by Gasteiger charge is -2.26. The molecule has 2 rings (SSSR count). The molecular weight excluding hydrogens is 308 g/mol. The molecule has 2 N–H and O–H groups in total. The topological polar surface area (TPSA) is 72.6 Å². The highest BCUT2D eigenvalue weighted by Gasteiger charge is 2.25. The minimum Gasteiger partial charge on any atom is -0.389 e. The number of sulfonamides is 1. The molecular formula is C14H20N2O3S2. The molecule has 0 spiro atoms. The lowest BCUT2D eigenvalue weighted by molar-refractivity contribution is 0.0620. The zero-order valence-electron chi connectivity index (χ0n) is 12.0. The van der Waals surface area contributed by atoms with Gasteiger partial charge in [-0.2, -0.15) is 0 Å². The summed E-state index contributed by atoms with van der Waals surface area (Å²) in [5.74, 6) is 0.345. The van der Waals surface area contributed by atoms with Crippen molar-refractivity contribution in [1.29, 1.82) is 0 Å².